The third-order valence-electron chi connectivity index (χ3n) is 3.28. The van der Waals surface area contributed by atoms with E-state index in [1.165, 1.54) is 16.6 Å². The molecule has 16 heavy (non-hydrogen) atoms. The van der Waals surface area contributed by atoms with Crippen LogP contribution in [0.2, 0.25) is 0 Å². The lowest BCUT2D eigenvalue weighted by Crippen LogP contribution is -2.21. The Bertz CT molecular complexity index is 482. The van der Waals surface area contributed by atoms with Crippen molar-refractivity contribution in [2.45, 2.75) is 26.8 Å². The Morgan fingerprint density at radius 1 is 1.12 bits per heavy atom. The lowest BCUT2D eigenvalue weighted by molar-refractivity contribution is 0.560. The van der Waals surface area contributed by atoms with Crippen molar-refractivity contribution in [3.63, 3.8) is 0 Å². The summed E-state index contributed by atoms with van der Waals surface area (Å²) >= 11 is 0. The van der Waals surface area contributed by atoms with Gasteiger partial charge in [-0.15, -0.1) is 0 Å². The molecular formula is C14H20N2. The summed E-state index contributed by atoms with van der Waals surface area (Å²) in [6.45, 7) is 6.69. The molecule has 0 amide bonds. The Hall–Kier alpha value is -1.44. The molecule has 2 rings (SSSR count). The van der Waals surface area contributed by atoms with Gasteiger partial charge in [-0.2, -0.15) is 0 Å². The lowest BCUT2D eigenvalue weighted by Gasteiger charge is -2.18. The first-order chi connectivity index (χ1) is 7.58. The minimum Gasteiger partial charge on any atom is -0.382 e. The smallest absolute Gasteiger partial charge is 0.0479 e. The van der Waals surface area contributed by atoms with Crippen LogP contribution in [0, 0.1) is 5.92 Å². The van der Waals surface area contributed by atoms with E-state index in [1.54, 1.807) is 0 Å². The van der Waals surface area contributed by atoms with Gasteiger partial charge < -0.3 is 9.88 Å². The first kappa shape index (κ1) is 11.1. The molecule has 1 N–H and O–H groups in total. The number of anilines is 1. The normalized spacial score (nSPS) is 13.3. The van der Waals surface area contributed by atoms with Gasteiger partial charge in [-0.25, -0.2) is 0 Å². The maximum atomic E-state index is 3.53. The number of rotatable bonds is 3. The van der Waals surface area contributed by atoms with E-state index in [-0.39, 0.29) is 0 Å². The summed E-state index contributed by atoms with van der Waals surface area (Å²) in [5, 5.41) is 4.83. The molecule has 0 aliphatic heterocycles. The second-order valence-electron chi connectivity index (χ2n) is 4.88. The third kappa shape index (κ3) is 2.06. The fraction of sp³-hybridized carbons (Fsp3) is 0.429. The lowest BCUT2D eigenvalue weighted by atomic mass is 10.1. The molecule has 2 aromatic rings. The summed E-state index contributed by atoms with van der Waals surface area (Å²) < 4.78 is 2.14. The zero-order chi connectivity index (χ0) is 11.7. The summed E-state index contributed by atoms with van der Waals surface area (Å²) in [5.41, 5.74) is 2.49. The summed E-state index contributed by atoms with van der Waals surface area (Å²) in [6, 6.07) is 9.20. The number of hydrogen-bond acceptors (Lipinski definition) is 1. The molecule has 0 saturated heterocycles. The van der Waals surface area contributed by atoms with E-state index >= 15 is 0 Å². The highest BCUT2D eigenvalue weighted by Gasteiger charge is 2.07. The van der Waals surface area contributed by atoms with E-state index in [4.69, 9.17) is 0 Å². The molecular weight excluding hydrogens is 196 g/mol. The summed E-state index contributed by atoms with van der Waals surface area (Å²) in [5.74, 6) is 0.645. The summed E-state index contributed by atoms with van der Waals surface area (Å²) in [4.78, 5) is 0. The molecule has 1 unspecified atom stereocenters. The Kier molecular flexibility index (Phi) is 2.90. The van der Waals surface area contributed by atoms with Crippen LogP contribution in [0.5, 0.6) is 0 Å². The number of nitrogens with one attached hydrogen (secondary N) is 1. The fourth-order valence-corrected chi connectivity index (χ4v) is 1.80. The fourth-order valence-electron chi connectivity index (χ4n) is 1.80. The van der Waals surface area contributed by atoms with Gasteiger partial charge in [0.2, 0.25) is 0 Å². The highest BCUT2D eigenvalue weighted by atomic mass is 14.9. The maximum absolute atomic E-state index is 3.53. The van der Waals surface area contributed by atoms with Gasteiger partial charge in [0.1, 0.15) is 0 Å². The van der Waals surface area contributed by atoms with Gasteiger partial charge >= 0.3 is 0 Å². The molecule has 0 aliphatic carbocycles. The zero-order valence-corrected chi connectivity index (χ0v) is 10.5. The number of fused-ring (bicyclic) bond motifs is 1. The molecule has 0 spiro atoms. The quantitative estimate of drug-likeness (QED) is 0.829. The largest absolute Gasteiger partial charge is 0.382 e. The Morgan fingerprint density at radius 3 is 2.56 bits per heavy atom. The van der Waals surface area contributed by atoms with Crippen molar-refractivity contribution in [3.8, 4) is 0 Å². The van der Waals surface area contributed by atoms with Gasteiger partial charge in [0.15, 0.2) is 0 Å². The van der Waals surface area contributed by atoms with Crippen LogP contribution in [0.3, 0.4) is 0 Å². The molecule has 2 heteroatoms. The van der Waals surface area contributed by atoms with Crippen molar-refractivity contribution in [2.75, 3.05) is 5.32 Å². The number of aromatic nitrogens is 1. The van der Waals surface area contributed by atoms with Gasteiger partial charge in [-0.3, -0.25) is 0 Å². The Morgan fingerprint density at radius 2 is 1.88 bits per heavy atom. The average Bonchev–Trinajstić information content (AvgIpc) is 2.60. The van der Waals surface area contributed by atoms with E-state index in [1.807, 2.05) is 0 Å². The van der Waals surface area contributed by atoms with E-state index in [0.717, 1.165) is 0 Å². The number of nitrogens with zero attached hydrogens (tertiary/aromatic N) is 1. The van der Waals surface area contributed by atoms with E-state index in [9.17, 15) is 0 Å². The molecule has 0 saturated carbocycles. The predicted molar refractivity (Wildman–Crippen MR) is 70.8 cm³/mol. The number of benzene rings is 1. The molecule has 0 aliphatic rings. The first-order valence-corrected chi connectivity index (χ1v) is 5.89. The molecule has 1 aromatic carbocycles. The van der Waals surface area contributed by atoms with Crippen LogP contribution in [0.15, 0.2) is 30.5 Å². The number of hydrogen-bond donors (Lipinski definition) is 1. The average molecular weight is 216 g/mol. The standard InChI is InChI=1S/C14H20N2/c1-10(2)11(3)15-13-5-6-14-12(9-13)7-8-16(14)4/h5-11,15H,1-4H3. The van der Waals surface area contributed by atoms with Crippen molar-refractivity contribution in [2.24, 2.45) is 13.0 Å². The van der Waals surface area contributed by atoms with E-state index < -0.39 is 0 Å². The van der Waals surface area contributed by atoms with Gasteiger partial charge in [0, 0.05) is 35.9 Å². The first-order valence-electron chi connectivity index (χ1n) is 5.89. The molecule has 0 bridgehead atoms. The maximum Gasteiger partial charge on any atom is 0.0479 e. The molecule has 2 nitrogen and oxygen atoms in total. The van der Waals surface area contributed by atoms with Crippen LogP contribution in [0.4, 0.5) is 5.69 Å². The van der Waals surface area contributed by atoms with Crippen molar-refractivity contribution >= 4 is 16.6 Å². The minimum absolute atomic E-state index is 0.501. The Labute approximate surface area is 97.3 Å². The highest BCUT2D eigenvalue weighted by Crippen LogP contribution is 2.21. The molecule has 0 radical (unpaired) electrons. The summed E-state index contributed by atoms with van der Waals surface area (Å²) in [6.07, 6.45) is 2.10. The van der Waals surface area contributed by atoms with Gasteiger partial charge in [-0.05, 0) is 37.1 Å². The van der Waals surface area contributed by atoms with Crippen LogP contribution in [-0.4, -0.2) is 10.6 Å². The molecule has 0 fully saturated rings. The van der Waals surface area contributed by atoms with Crippen molar-refractivity contribution in [1.29, 1.82) is 0 Å². The second kappa shape index (κ2) is 4.20. The number of aryl methyl sites for hydroxylation is 1. The molecule has 1 heterocycles. The summed E-state index contributed by atoms with van der Waals surface area (Å²) in [7, 11) is 2.08. The van der Waals surface area contributed by atoms with Gasteiger partial charge in [0.25, 0.3) is 0 Å². The monoisotopic (exact) mass is 216 g/mol. The Balaban J connectivity index is 2.26. The van der Waals surface area contributed by atoms with Gasteiger partial charge in [-0.1, -0.05) is 13.8 Å². The topological polar surface area (TPSA) is 17.0 Å². The predicted octanol–water partition coefficient (Wildman–Crippen LogP) is 3.63. The van der Waals surface area contributed by atoms with E-state index in [2.05, 4.69) is 68.2 Å². The molecule has 1 aromatic heterocycles. The minimum atomic E-state index is 0.501. The van der Waals surface area contributed by atoms with Crippen LogP contribution in [0.1, 0.15) is 20.8 Å². The molecule has 86 valence electrons. The van der Waals surface area contributed by atoms with E-state index in [0.29, 0.717) is 12.0 Å². The van der Waals surface area contributed by atoms with Crippen LogP contribution in [-0.2, 0) is 7.05 Å². The molecule has 1 atom stereocenters. The van der Waals surface area contributed by atoms with Crippen LogP contribution in [0.25, 0.3) is 10.9 Å². The second-order valence-corrected chi connectivity index (χ2v) is 4.88. The highest BCUT2D eigenvalue weighted by molar-refractivity contribution is 5.83. The van der Waals surface area contributed by atoms with Crippen molar-refractivity contribution in [1.82, 2.24) is 4.57 Å². The third-order valence-corrected chi connectivity index (χ3v) is 3.28. The van der Waals surface area contributed by atoms with Crippen LogP contribution < -0.4 is 5.32 Å². The SMILES string of the molecule is CC(C)C(C)Nc1ccc2c(ccn2C)c1. The van der Waals surface area contributed by atoms with Crippen molar-refractivity contribution < 1.29 is 0 Å². The van der Waals surface area contributed by atoms with Crippen molar-refractivity contribution in [3.05, 3.63) is 30.5 Å². The van der Waals surface area contributed by atoms with Crippen LogP contribution >= 0.6 is 0 Å². The van der Waals surface area contributed by atoms with Gasteiger partial charge in [0.05, 0.1) is 0 Å². The zero-order valence-electron chi connectivity index (χ0n) is 10.5.